The van der Waals surface area contributed by atoms with Gasteiger partial charge in [-0.2, -0.15) is 15.0 Å². The van der Waals surface area contributed by atoms with Gasteiger partial charge in [0.05, 0.1) is 12.6 Å². The van der Waals surface area contributed by atoms with Crippen LogP contribution in [0.2, 0.25) is 0 Å². The molecule has 7 heteroatoms. The minimum atomic E-state index is 0.339. The van der Waals surface area contributed by atoms with E-state index in [4.69, 9.17) is 4.74 Å². The van der Waals surface area contributed by atoms with Gasteiger partial charge in [0.15, 0.2) is 0 Å². The van der Waals surface area contributed by atoms with Gasteiger partial charge < -0.3 is 19.9 Å². The lowest BCUT2D eigenvalue weighted by Gasteiger charge is -2.25. The Kier molecular flexibility index (Phi) is 4.94. The van der Waals surface area contributed by atoms with Crippen LogP contribution < -0.4 is 15.1 Å². The van der Waals surface area contributed by atoms with Crippen LogP contribution in [0.25, 0.3) is 0 Å². The van der Waals surface area contributed by atoms with Crippen molar-refractivity contribution in [3.8, 4) is 0 Å². The number of nitrogens with one attached hydrogen (secondary N) is 1. The highest BCUT2D eigenvalue weighted by atomic mass is 16.5. The number of hydrogen-bond acceptors (Lipinski definition) is 7. The van der Waals surface area contributed by atoms with Crippen molar-refractivity contribution in [3.63, 3.8) is 0 Å². The lowest BCUT2D eigenvalue weighted by atomic mass is 10.2. The van der Waals surface area contributed by atoms with Crippen molar-refractivity contribution < 1.29 is 4.74 Å². The molecule has 0 bridgehead atoms. The number of ether oxygens (including phenoxy) is 1. The maximum Gasteiger partial charge on any atom is 0.232 e. The van der Waals surface area contributed by atoms with E-state index in [-0.39, 0.29) is 0 Å². The monoisotopic (exact) mass is 280 g/mol. The molecule has 1 unspecified atom stereocenters. The third kappa shape index (κ3) is 3.09. The van der Waals surface area contributed by atoms with Crippen molar-refractivity contribution in [1.29, 1.82) is 0 Å². The summed E-state index contributed by atoms with van der Waals surface area (Å²) in [5.74, 6) is 2.01. The summed E-state index contributed by atoms with van der Waals surface area (Å²) < 4.78 is 5.44. The van der Waals surface area contributed by atoms with Crippen LogP contribution in [0.4, 0.5) is 17.8 Å². The Morgan fingerprint density at radius 1 is 1.20 bits per heavy atom. The summed E-state index contributed by atoms with van der Waals surface area (Å²) in [6.07, 6.45) is 1.01. The fraction of sp³-hybridized carbons (Fsp3) is 0.769. The molecule has 2 rings (SSSR count). The molecule has 1 aliphatic rings. The van der Waals surface area contributed by atoms with E-state index in [0.717, 1.165) is 38.7 Å². The van der Waals surface area contributed by atoms with Crippen LogP contribution in [0, 0.1) is 0 Å². The highest BCUT2D eigenvalue weighted by molar-refractivity contribution is 5.45. The second-order valence-electron chi connectivity index (χ2n) is 4.81. The molecule has 1 saturated heterocycles. The van der Waals surface area contributed by atoms with Crippen LogP contribution in [0.5, 0.6) is 0 Å². The van der Waals surface area contributed by atoms with Crippen molar-refractivity contribution >= 4 is 17.8 Å². The van der Waals surface area contributed by atoms with Gasteiger partial charge in [-0.15, -0.1) is 0 Å². The molecule has 1 aliphatic heterocycles. The van der Waals surface area contributed by atoms with Crippen LogP contribution in [0.1, 0.15) is 20.3 Å². The molecule has 2 heterocycles. The minimum absolute atomic E-state index is 0.339. The topological polar surface area (TPSA) is 66.4 Å². The largest absolute Gasteiger partial charge is 0.379 e. The zero-order valence-corrected chi connectivity index (χ0v) is 12.8. The normalized spacial score (nSPS) is 18.1. The van der Waals surface area contributed by atoms with E-state index in [2.05, 4.69) is 43.9 Å². The summed E-state index contributed by atoms with van der Waals surface area (Å²) >= 11 is 0. The second kappa shape index (κ2) is 6.69. The molecule has 0 radical (unpaired) electrons. The van der Waals surface area contributed by atoms with Crippen LogP contribution in [-0.4, -0.2) is 61.4 Å². The SMILES string of the molecule is CCN(CC)c1nc(NC)nc(N(C)C2CCOC2)n1. The number of nitrogens with zero attached hydrogens (tertiary/aromatic N) is 5. The van der Waals surface area contributed by atoms with Gasteiger partial charge in [-0.25, -0.2) is 0 Å². The first-order valence-corrected chi connectivity index (χ1v) is 7.18. The van der Waals surface area contributed by atoms with Gasteiger partial charge in [0.25, 0.3) is 0 Å². The number of anilines is 3. The van der Waals surface area contributed by atoms with Crippen molar-refractivity contribution in [2.45, 2.75) is 26.3 Å². The van der Waals surface area contributed by atoms with E-state index in [1.807, 2.05) is 14.1 Å². The highest BCUT2D eigenvalue weighted by Gasteiger charge is 2.23. The Labute approximate surface area is 120 Å². The zero-order chi connectivity index (χ0) is 14.5. The third-order valence-electron chi connectivity index (χ3n) is 3.65. The average Bonchev–Trinajstić information content (AvgIpc) is 3.01. The lowest BCUT2D eigenvalue weighted by molar-refractivity contribution is 0.193. The molecular formula is C13H24N6O. The van der Waals surface area contributed by atoms with Crippen molar-refractivity contribution in [1.82, 2.24) is 15.0 Å². The Morgan fingerprint density at radius 2 is 1.90 bits per heavy atom. The summed E-state index contributed by atoms with van der Waals surface area (Å²) in [7, 11) is 3.84. The first-order chi connectivity index (χ1) is 9.69. The highest BCUT2D eigenvalue weighted by Crippen LogP contribution is 2.20. The fourth-order valence-electron chi connectivity index (χ4n) is 2.26. The maximum absolute atomic E-state index is 5.44. The molecule has 1 atom stereocenters. The standard InChI is InChI=1S/C13H24N6O/c1-5-19(6-2)13-16-11(14-3)15-12(17-13)18(4)10-7-8-20-9-10/h10H,5-9H2,1-4H3,(H,14,15,16,17). The minimum Gasteiger partial charge on any atom is -0.379 e. The Morgan fingerprint density at radius 3 is 2.45 bits per heavy atom. The van der Waals surface area contributed by atoms with Gasteiger partial charge in [0.2, 0.25) is 17.8 Å². The van der Waals surface area contributed by atoms with Crippen LogP contribution in [-0.2, 0) is 4.74 Å². The van der Waals surface area contributed by atoms with Gasteiger partial charge in [-0.3, -0.25) is 0 Å². The molecule has 0 aliphatic carbocycles. The fourth-order valence-corrected chi connectivity index (χ4v) is 2.26. The number of likely N-dealkylation sites (N-methyl/N-ethyl adjacent to an activating group) is 1. The molecular weight excluding hydrogens is 256 g/mol. The Balaban J connectivity index is 2.29. The van der Waals surface area contributed by atoms with Gasteiger partial charge in [0, 0.05) is 33.8 Å². The quantitative estimate of drug-likeness (QED) is 0.833. The molecule has 20 heavy (non-hydrogen) atoms. The molecule has 7 nitrogen and oxygen atoms in total. The molecule has 0 saturated carbocycles. The number of aromatic nitrogens is 3. The van der Waals surface area contributed by atoms with E-state index in [1.54, 1.807) is 0 Å². The van der Waals surface area contributed by atoms with Crippen LogP contribution in [0.3, 0.4) is 0 Å². The number of hydrogen-bond donors (Lipinski definition) is 1. The van der Waals surface area contributed by atoms with E-state index in [1.165, 1.54) is 0 Å². The molecule has 1 N–H and O–H groups in total. The molecule has 112 valence electrons. The molecule has 1 aromatic rings. The number of rotatable bonds is 6. The maximum atomic E-state index is 5.44. The summed E-state index contributed by atoms with van der Waals surface area (Å²) in [6, 6.07) is 0.339. The van der Waals surface area contributed by atoms with Crippen LogP contribution in [0.15, 0.2) is 0 Å². The Bertz CT molecular complexity index is 431. The molecule has 0 spiro atoms. The van der Waals surface area contributed by atoms with Gasteiger partial charge >= 0.3 is 0 Å². The van der Waals surface area contributed by atoms with Gasteiger partial charge in [-0.05, 0) is 20.3 Å². The van der Waals surface area contributed by atoms with Crippen molar-refractivity contribution in [3.05, 3.63) is 0 Å². The van der Waals surface area contributed by atoms with Gasteiger partial charge in [0.1, 0.15) is 0 Å². The van der Waals surface area contributed by atoms with Gasteiger partial charge in [-0.1, -0.05) is 0 Å². The summed E-state index contributed by atoms with van der Waals surface area (Å²) in [4.78, 5) is 17.7. The molecule has 1 aromatic heterocycles. The van der Waals surface area contributed by atoms with E-state index < -0.39 is 0 Å². The molecule has 0 aromatic carbocycles. The van der Waals surface area contributed by atoms with E-state index >= 15 is 0 Å². The third-order valence-corrected chi connectivity index (χ3v) is 3.65. The first kappa shape index (κ1) is 14.8. The predicted molar refractivity (Wildman–Crippen MR) is 80.6 cm³/mol. The first-order valence-electron chi connectivity index (χ1n) is 7.18. The summed E-state index contributed by atoms with van der Waals surface area (Å²) in [6.45, 7) is 7.49. The Hall–Kier alpha value is -1.63. The zero-order valence-electron chi connectivity index (χ0n) is 12.8. The molecule has 1 fully saturated rings. The van der Waals surface area contributed by atoms with Crippen molar-refractivity contribution in [2.75, 3.05) is 55.5 Å². The smallest absolute Gasteiger partial charge is 0.232 e. The lowest BCUT2D eigenvalue weighted by Crippen LogP contribution is -2.34. The molecule has 0 amide bonds. The second-order valence-corrected chi connectivity index (χ2v) is 4.81. The summed E-state index contributed by atoms with van der Waals surface area (Å²) in [5, 5.41) is 3.01. The van der Waals surface area contributed by atoms with E-state index in [0.29, 0.717) is 17.9 Å². The van der Waals surface area contributed by atoms with Crippen molar-refractivity contribution in [2.24, 2.45) is 0 Å². The average molecular weight is 280 g/mol. The predicted octanol–water partition coefficient (Wildman–Crippen LogP) is 0.985. The summed E-state index contributed by atoms with van der Waals surface area (Å²) in [5.41, 5.74) is 0. The van der Waals surface area contributed by atoms with E-state index in [9.17, 15) is 0 Å². The van der Waals surface area contributed by atoms with Crippen LogP contribution >= 0.6 is 0 Å².